The Balaban J connectivity index is 2.05. The molecule has 0 atom stereocenters. The van der Waals surface area contributed by atoms with Crippen LogP contribution in [0.3, 0.4) is 0 Å². The molecular weight excluding hydrogens is 410 g/mol. The van der Waals surface area contributed by atoms with E-state index in [1.54, 1.807) is 24.5 Å². The van der Waals surface area contributed by atoms with Crippen molar-refractivity contribution in [1.29, 1.82) is 0 Å². The third-order valence-electron chi connectivity index (χ3n) is 4.46. The van der Waals surface area contributed by atoms with E-state index >= 15 is 0 Å². The SMILES string of the molecule is Cc1ccccc1CN(Cc1cccnc1)S(=O)(=O)c1cccc(S(N)(=O)=O)c1. The summed E-state index contributed by atoms with van der Waals surface area (Å²) in [6.07, 6.45) is 3.21. The highest BCUT2D eigenvalue weighted by Gasteiger charge is 2.26. The molecule has 0 unspecified atom stereocenters. The Morgan fingerprint density at radius 3 is 2.28 bits per heavy atom. The van der Waals surface area contributed by atoms with Crippen molar-refractivity contribution >= 4 is 20.0 Å². The zero-order valence-electron chi connectivity index (χ0n) is 15.8. The summed E-state index contributed by atoms with van der Waals surface area (Å²) in [4.78, 5) is 3.65. The third-order valence-corrected chi connectivity index (χ3v) is 7.16. The molecule has 1 aromatic heterocycles. The second-order valence-corrected chi connectivity index (χ2v) is 10.1. The number of nitrogens with two attached hydrogens (primary N) is 1. The minimum Gasteiger partial charge on any atom is -0.264 e. The van der Waals surface area contributed by atoms with E-state index in [1.807, 2.05) is 31.2 Å². The van der Waals surface area contributed by atoms with Gasteiger partial charge in [-0.25, -0.2) is 22.0 Å². The van der Waals surface area contributed by atoms with E-state index in [1.165, 1.54) is 22.5 Å². The van der Waals surface area contributed by atoms with Crippen LogP contribution in [0, 0.1) is 6.92 Å². The van der Waals surface area contributed by atoms with Gasteiger partial charge in [-0.15, -0.1) is 0 Å². The molecule has 7 nitrogen and oxygen atoms in total. The summed E-state index contributed by atoms with van der Waals surface area (Å²) in [6, 6.07) is 16.1. The highest BCUT2D eigenvalue weighted by atomic mass is 32.2. The van der Waals surface area contributed by atoms with E-state index in [2.05, 4.69) is 4.98 Å². The second-order valence-electron chi connectivity index (χ2n) is 6.58. The average molecular weight is 432 g/mol. The van der Waals surface area contributed by atoms with E-state index in [9.17, 15) is 16.8 Å². The summed E-state index contributed by atoms with van der Waals surface area (Å²) >= 11 is 0. The summed E-state index contributed by atoms with van der Waals surface area (Å²) in [5.74, 6) is 0. The maximum absolute atomic E-state index is 13.4. The van der Waals surface area contributed by atoms with Crippen molar-refractivity contribution in [2.75, 3.05) is 0 Å². The number of pyridine rings is 1. The van der Waals surface area contributed by atoms with E-state index in [4.69, 9.17) is 5.14 Å². The molecule has 0 radical (unpaired) electrons. The Morgan fingerprint density at radius 2 is 1.62 bits per heavy atom. The maximum atomic E-state index is 13.4. The van der Waals surface area contributed by atoms with Gasteiger partial charge in [0, 0.05) is 25.5 Å². The summed E-state index contributed by atoms with van der Waals surface area (Å²) in [6.45, 7) is 2.12. The van der Waals surface area contributed by atoms with Crippen molar-refractivity contribution < 1.29 is 16.8 Å². The number of primary sulfonamides is 1. The number of aryl methyl sites for hydroxylation is 1. The van der Waals surface area contributed by atoms with Crippen LogP contribution in [0.2, 0.25) is 0 Å². The van der Waals surface area contributed by atoms with Gasteiger partial charge in [0.25, 0.3) is 0 Å². The van der Waals surface area contributed by atoms with Crippen LogP contribution in [0.25, 0.3) is 0 Å². The van der Waals surface area contributed by atoms with E-state index in [0.717, 1.165) is 17.2 Å². The standard InChI is InChI=1S/C20H21N3O4S2/c1-16-6-2-3-8-18(16)15-23(14-17-7-5-11-22-13-17)29(26,27)20-10-4-9-19(12-20)28(21,24)25/h2-13H,14-15H2,1H3,(H2,21,24,25). The lowest BCUT2D eigenvalue weighted by molar-refractivity contribution is 0.400. The van der Waals surface area contributed by atoms with Gasteiger partial charge in [-0.05, 0) is 47.9 Å². The molecule has 3 rings (SSSR count). The van der Waals surface area contributed by atoms with Crippen LogP contribution in [0.15, 0.2) is 82.8 Å². The summed E-state index contributed by atoms with van der Waals surface area (Å²) in [5.41, 5.74) is 2.52. The molecule has 0 bridgehead atoms. The van der Waals surface area contributed by atoms with Gasteiger partial charge in [0.15, 0.2) is 0 Å². The first kappa shape index (κ1) is 21.1. The number of aromatic nitrogens is 1. The predicted molar refractivity (Wildman–Crippen MR) is 110 cm³/mol. The first-order valence-electron chi connectivity index (χ1n) is 8.74. The zero-order valence-corrected chi connectivity index (χ0v) is 17.4. The van der Waals surface area contributed by atoms with Crippen molar-refractivity contribution in [3.05, 3.63) is 89.7 Å². The number of hydrogen-bond donors (Lipinski definition) is 1. The number of benzene rings is 2. The number of nitrogens with zero attached hydrogens (tertiary/aromatic N) is 2. The van der Waals surface area contributed by atoms with E-state index in [0.29, 0.717) is 5.56 Å². The largest absolute Gasteiger partial charge is 0.264 e. The Kier molecular flexibility index (Phi) is 6.13. The van der Waals surface area contributed by atoms with Gasteiger partial charge in [-0.3, -0.25) is 4.98 Å². The minimum atomic E-state index is -4.03. The number of sulfonamides is 2. The van der Waals surface area contributed by atoms with Crippen molar-refractivity contribution in [2.45, 2.75) is 29.8 Å². The van der Waals surface area contributed by atoms with E-state index in [-0.39, 0.29) is 22.9 Å². The fraction of sp³-hybridized carbons (Fsp3) is 0.150. The van der Waals surface area contributed by atoms with Crippen LogP contribution < -0.4 is 5.14 Å². The van der Waals surface area contributed by atoms with Gasteiger partial charge in [0.05, 0.1) is 9.79 Å². The Labute approximate surface area is 170 Å². The molecule has 1 heterocycles. The van der Waals surface area contributed by atoms with Crippen LogP contribution in [0.4, 0.5) is 0 Å². The first-order chi connectivity index (χ1) is 13.7. The molecule has 3 aromatic rings. The molecule has 0 spiro atoms. The Morgan fingerprint density at radius 1 is 0.897 bits per heavy atom. The molecule has 152 valence electrons. The summed E-state index contributed by atoms with van der Waals surface area (Å²) < 4.78 is 51.4. The van der Waals surface area contributed by atoms with Crippen molar-refractivity contribution in [2.24, 2.45) is 5.14 Å². The Bertz CT molecular complexity index is 1210. The summed E-state index contributed by atoms with van der Waals surface area (Å²) in [5, 5.41) is 5.17. The molecule has 0 aliphatic carbocycles. The van der Waals surface area contributed by atoms with Crippen LogP contribution in [0.1, 0.15) is 16.7 Å². The van der Waals surface area contributed by atoms with Crippen LogP contribution in [0.5, 0.6) is 0 Å². The lowest BCUT2D eigenvalue weighted by atomic mass is 10.1. The average Bonchev–Trinajstić information content (AvgIpc) is 2.69. The van der Waals surface area contributed by atoms with Gasteiger partial charge in [-0.2, -0.15) is 4.31 Å². The molecule has 2 N–H and O–H groups in total. The molecular formula is C20H21N3O4S2. The number of rotatable bonds is 7. The molecule has 0 aliphatic heterocycles. The highest BCUT2D eigenvalue weighted by Crippen LogP contribution is 2.24. The monoisotopic (exact) mass is 431 g/mol. The third kappa shape index (κ3) is 5.07. The van der Waals surface area contributed by atoms with Crippen molar-refractivity contribution in [3.8, 4) is 0 Å². The van der Waals surface area contributed by atoms with Crippen molar-refractivity contribution in [1.82, 2.24) is 9.29 Å². The van der Waals surface area contributed by atoms with Gasteiger partial charge >= 0.3 is 0 Å². The topological polar surface area (TPSA) is 110 Å². The highest BCUT2D eigenvalue weighted by molar-refractivity contribution is 7.90. The molecule has 2 aromatic carbocycles. The summed E-state index contributed by atoms with van der Waals surface area (Å²) in [7, 11) is -8.04. The molecule has 29 heavy (non-hydrogen) atoms. The van der Waals surface area contributed by atoms with Gasteiger partial charge in [0.1, 0.15) is 0 Å². The zero-order chi connectivity index (χ0) is 21.1. The van der Waals surface area contributed by atoms with Crippen molar-refractivity contribution in [3.63, 3.8) is 0 Å². The van der Waals surface area contributed by atoms with Crippen LogP contribution in [-0.4, -0.2) is 26.1 Å². The minimum absolute atomic E-state index is 0.0874. The maximum Gasteiger partial charge on any atom is 0.243 e. The predicted octanol–water partition coefficient (Wildman–Crippen LogP) is 2.43. The van der Waals surface area contributed by atoms with Gasteiger partial charge in [0.2, 0.25) is 20.0 Å². The van der Waals surface area contributed by atoms with E-state index < -0.39 is 20.0 Å². The second kappa shape index (κ2) is 8.42. The fourth-order valence-corrected chi connectivity index (χ4v) is 4.95. The first-order valence-corrected chi connectivity index (χ1v) is 11.7. The molecule has 0 amide bonds. The molecule has 0 aliphatic rings. The normalized spacial score (nSPS) is 12.2. The van der Waals surface area contributed by atoms with Crippen LogP contribution >= 0.6 is 0 Å². The molecule has 0 saturated heterocycles. The lowest BCUT2D eigenvalue weighted by Crippen LogP contribution is -2.31. The molecule has 0 fully saturated rings. The Hall–Kier alpha value is -2.59. The molecule has 0 saturated carbocycles. The fourth-order valence-electron chi connectivity index (χ4n) is 2.86. The van der Waals surface area contributed by atoms with Gasteiger partial charge in [-0.1, -0.05) is 36.4 Å². The van der Waals surface area contributed by atoms with Crippen LogP contribution in [-0.2, 0) is 33.1 Å². The number of hydrogen-bond acceptors (Lipinski definition) is 5. The lowest BCUT2D eigenvalue weighted by Gasteiger charge is -2.23. The quantitative estimate of drug-likeness (QED) is 0.618. The van der Waals surface area contributed by atoms with Gasteiger partial charge < -0.3 is 0 Å². The smallest absolute Gasteiger partial charge is 0.243 e. The molecule has 9 heteroatoms.